The van der Waals surface area contributed by atoms with E-state index in [0.29, 0.717) is 13.0 Å². The largest absolute Gasteiger partial charge is 0.477 e. The molecule has 0 fully saturated rings. The molecule has 0 bridgehead atoms. The molecule has 5 nitrogen and oxygen atoms in total. The molecule has 25 heavy (non-hydrogen) atoms. The van der Waals surface area contributed by atoms with Gasteiger partial charge in [0.1, 0.15) is 9.77 Å². The van der Waals surface area contributed by atoms with E-state index >= 15 is 0 Å². The smallest absolute Gasteiger partial charge is 0.347 e. The molecular formula is C16H13NO4S4. The molecule has 9 heteroatoms. The van der Waals surface area contributed by atoms with Crippen LogP contribution in [0.15, 0.2) is 45.3 Å². The van der Waals surface area contributed by atoms with Crippen molar-refractivity contribution in [3.63, 3.8) is 0 Å². The first kappa shape index (κ1) is 16.9. The lowest BCUT2D eigenvalue weighted by atomic mass is 10.0. The molecule has 1 atom stereocenters. The molecule has 3 aromatic rings. The van der Waals surface area contributed by atoms with Crippen LogP contribution in [0.3, 0.4) is 0 Å². The van der Waals surface area contributed by atoms with Crippen LogP contribution < -0.4 is 0 Å². The van der Waals surface area contributed by atoms with Crippen LogP contribution in [0.25, 0.3) is 0 Å². The van der Waals surface area contributed by atoms with E-state index in [4.69, 9.17) is 0 Å². The third-order valence-electron chi connectivity index (χ3n) is 4.14. The molecule has 0 spiro atoms. The van der Waals surface area contributed by atoms with Crippen LogP contribution in [-0.4, -0.2) is 30.3 Å². The first-order chi connectivity index (χ1) is 12.0. The predicted octanol–water partition coefficient (Wildman–Crippen LogP) is 3.91. The van der Waals surface area contributed by atoms with E-state index in [9.17, 15) is 18.3 Å². The Labute approximate surface area is 156 Å². The second-order valence-electron chi connectivity index (χ2n) is 5.50. The van der Waals surface area contributed by atoms with E-state index < -0.39 is 22.0 Å². The number of carboxylic acids is 1. The van der Waals surface area contributed by atoms with Crippen molar-refractivity contribution in [1.82, 2.24) is 4.31 Å². The number of hydrogen-bond acceptors (Lipinski definition) is 6. The SMILES string of the molecule is O=C(O)c1sccc1S(=O)(=O)N1CCc2sccc2[C@H]1c1cccs1. The molecule has 0 aliphatic carbocycles. The third-order valence-corrected chi connectivity index (χ3v) is 9.00. The maximum Gasteiger partial charge on any atom is 0.347 e. The van der Waals surface area contributed by atoms with Crippen LogP contribution in [0, 0.1) is 0 Å². The van der Waals surface area contributed by atoms with Crippen molar-refractivity contribution in [1.29, 1.82) is 0 Å². The molecule has 1 N–H and O–H groups in total. The number of carboxylic acid groups (broad SMARTS) is 1. The molecule has 0 amide bonds. The van der Waals surface area contributed by atoms with Crippen molar-refractivity contribution < 1.29 is 18.3 Å². The van der Waals surface area contributed by atoms with E-state index in [1.54, 1.807) is 11.3 Å². The molecule has 130 valence electrons. The number of thiophene rings is 3. The van der Waals surface area contributed by atoms with Crippen molar-refractivity contribution in [2.45, 2.75) is 17.4 Å². The fourth-order valence-electron chi connectivity index (χ4n) is 3.08. The van der Waals surface area contributed by atoms with Crippen LogP contribution in [0.2, 0.25) is 0 Å². The van der Waals surface area contributed by atoms with E-state index in [1.807, 2.05) is 29.0 Å². The number of rotatable bonds is 4. The van der Waals surface area contributed by atoms with E-state index in [-0.39, 0.29) is 9.77 Å². The van der Waals surface area contributed by atoms with Crippen molar-refractivity contribution in [2.75, 3.05) is 6.54 Å². The van der Waals surface area contributed by atoms with Gasteiger partial charge >= 0.3 is 5.97 Å². The quantitative estimate of drug-likeness (QED) is 0.706. The maximum absolute atomic E-state index is 13.3. The molecule has 0 aromatic carbocycles. The molecule has 3 aromatic heterocycles. The summed E-state index contributed by atoms with van der Waals surface area (Å²) in [5.41, 5.74) is 0.995. The molecule has 0 radical (unpaired) electrons. The zero-order valence-electron chi connectivity index (χ0n) is 12.8. The van der Waals surface area contributed by atoms with Gasteiger partial charge in [0.05, 0.1) is 6.04 Å². The van der Waals surface area contributed by atoms with E-state index in [1.165, 1.54) is 32.0 Å². The summed E-state index contributed by atoms with van der Waals surface area (Å²) >= 11 is 4.08. The van der Waals surface area contributed by atoms with Gasteiger partial charge in [-0.3, -0.25) is 0 Å². The summed E-state index contributed by atoms with van der Waals surface area (Å²) < 4.78 is 28.0. The number of sulfonamides is 1. The Morgan fingerprint density at radius 2 is 1.92 bits per heavy atom. The van der Waals surface area contributed by atoms with Crippen LogP contribution >= 0.6 is 34.0 Å². The maximum atomic E-state index is 13.3. The average molecular weight is 412 g/mol. The zero-order valence-corrected chi connectivity index (χ0v) is 16.1. The number of fused-ring (bicyclic) bond motifs is 1. The molecule has 4 rings (SSSR count). The van der Waals surface area contributed by atoms with Crippen LogP contribution in [0.4, 0.5) is 0 Å². The van der Waals surface area contributed by atoms with Gasteiger partial charge in [-0.25, -0.2) is 13.2 Å². The van der Waals surface area contributed by atoms with Crippen molar-refractivity contribution in [2.24, 2.45) is 0 Å². The van der Waals surface area contributed by atoms with Crippen LogP contribution in [-0.2, 0) is 16.4 Å². The van der Waals surface area contributed by atoms with Crippen LogP contribution in [0.1, 0.15) is 31.0 Å². The average Bonchev–Trinajstić information content (AvgIpc) is 3.33. The molecule has 1 aliphatic heterocycles. The minimum atomic E-state index is -3.92. The Morgan fingerprint density at radius 3 is 2.64 bits per heavy atom. The first-order valence-electron chi connectivity index (χ1n) is 7.42. The highest BCUT2D eigenvalue weighted by atomic mass is 32.2. The Bertz CT molecular complexity index is 1020. The molecule has 0 saturated heterocycles. The lowest BCUT2D eigenvalue weighted by Gasteiger charge is -2.34. The molecule has 1 aliphatic rings. The predicted molar refractivity (Wildman–Crippen MR) is 99.4 cm³/mol. The number of nitrogens with zero attached hydrogens (tertiary/aromatic N) is 1. The standard InChI is InChI=1S/C16H13NO4S4/c18-16(19)15-13(5-9-24-15)25(20,21)17-6-3-11-10(4-8-23-11)14(17)12-2-1-7-22-12/h1-2,4-5,7-9,14H,3,6H2,(H,18,19)/t14-/m0/s1. The van der Waals surface area contributed by atoms with Crippen molar-refractivity contribution >= 4 is 50.0 Å². The number of carbonyl (C=O) groups is 1. The highest BCUT2D eigenvalue weighted by Gasteiger charge is 2.40. The first-order valence-corrected chi connectivity index (χ1v) is 11.5. The van der Waals surface area contributed by atoms with Gasteiger partial charge in [0.15, 0.2) is 0 Å². The molecule has 4 heterocycles. The summed E-state index contributed by atoms with van der Waals surface area (Å²) in [7, 11) is -3.92. The lowest BCUT2D eigenvalue weighted by Crippen LogP contribution is -2.40. The van der Waals surface area contributed by atoms with Gasteiger partial charge in [0, 0.05) is 16.3 Å². The van der Waals surface area contributed by atoms with Crippen molar-refractivity contribution in [3.05, 3.63) is 60.6 Å². The summed E-state index contributed by atoms with van der Waals surface area (Å²) in [6, 6.07) is 6.78. The second kappa shape index (κ2) is 6.33. The number of hydrogen-bond donors (Lipinski definition) is 1. The van der Waals surface area contributed by atoms with Gasteiger partial charge in [0.25, 0.3) is 0 Å². The van der Waals surface area contributed by atoms with Gasteiger partial charge in [-0.1, -0.05) is 6.07 Å². The van der Waals surface area contributed by atoms with E-state index in [2.05, 4.69) is 0 Å². The summed E-state index contributed by atoms with van der Waals surface area (Å²) in [5.74, 6) is -1.21. The minimum Gasteiger partial charge on any atom is -0.477 e. The Kier molecular flexibility index (Phi) is 4.28. The fourth-order valence-corrected chi connectivity index (χ4v) is 7.72. The van der Waals surface area contributed by atoms with Crippen molar-refractivity contribution in [3.8, 4) is 0 Å². The molecular weight excluding hydrogens is 398 g/mol. The Morgan fingerprint density at radius 1 is 1.12 bits per heavy atom. The molecule has 0 saturated carbocycles. The Balaban J connectivity index is 1.86. The highest BCUT2D eigenvalue weighted by Crippen LogP contribution is 2.42. The van der Waals surface area contributed by atoms with E-state index in [0.717, 1.165) is 21.8 Å². The van der Waals surface area contributed by atoms with Gasteiger partial charge in [-0.15, -0.1) is 34.0 Å². The Hall–Kier alpha value is -1.52. The van der Waals surface area contributed by atoms with Gasteiger partial charge < -0.3 is 5.11 Å². The lowest BCUT2D eigenvalue weighted by molar-refractivity contribution is 0.0698. The van der Waals surface area contributed by atoms with Crippen LogP contribution in [0.5, 0.6) is 0 Å². The summed E-state index contributed by atoms with van der Waals surface area (Å²) in [4.78, 5) is 13.3. The van der Waals surface area contributed by atoms with Gasteiger partial charge in [-0.05, 0) is 46.3 Å². The second-order valence-corrected chi connectivity index (χ2v) is 10.3. The zero-order chi connectivity index (χ0) is 17.6. The highest BCUT2D eigenvalue weighted by molar-refractivity contribution is 7.89. The molecule has 0 unspecified atom stereocenters. The van der Waals surface area contributed by atoms with Gasteiger partial charge in [-0.2, -0.15) is 4.31 Å². The topological polar surface area (TPSA) is 74.7 Å². The summed E-state index contributed by atoms with van der Waals surface area (Å²) in [5, 5.41) is 14.7. The van der Waals surface area contributed by atoms with Gasteiger partial charge in [0.2, 0.25) is 10.0 Å². The minimum absolute atomic E-state index is 0.120. The summed E-state index contributed by atoms with van der Waals surface area (Å²) in [6.45, 7) is 0.341. The normalized spacial score (nSPS) is 18.2. The fraction of sp³-hybridized carbons (Fsp3) is 0.188. The summed E-state index contributed by atoms with van der Waals surface area (Å²) in [6.07, 6.45) is 0.640. The monoisotopic (exact) mass is 411 g/mol. The third kappa shape index (κ3) is 2.76. The number of aromatic carboxylic acids is 1.